The summed E-state index contributed by atoms with van der Waals surface area (Å²) < 4.78 is 5.20. The van der Waals surface area contributed by atoms with Crippen molar-refractivity contribution in [2.24, 2.45) is 5.73 Å². The van der Waals surface area contributed by atoms with Crippen molar-refractivity contribution in [3.63, 3.8) is 0 Å². The van der Waals surface area contributed by atoms with Crippen LogP contribution in [0.5, 0.6) is 0 Å². The molecule has 6 heteroatoms. The summed E-state index contributed by atoms with van der Waals surface area (Å²) in [7, 11) is 0. The zero-order chi connectivity index (χ0) is 13.0. The number of benzene rings is 1. The second-order valence-corrected chi connectivity index (χ2v) is 4.06. The molecule has 1 aromatic heterocycles. The predicted octanol–water partition coefficient (Wildman–Crippen LogP) is 0.719. The smallest absolute Gasteiger partial charge is 0.320 e. The van der Waals surface area contributed by atoms with Crippen LogP contribution in [0.25, 0.3) is 11.1 Å². The Morgan fingerprint density at radius 2 is 2.39 bits per heavy atom. The molecule has 0 amide bonds. The lowest BCUT2D eigenvalue weighted by molar-refractivity contribution is -0.138. The van der Waals surface area contributed by atoms with E-state index in [1.807, 2.05) is 18.2 Å². The Morgan fingerprint density at radius 1 is 1.56 bits per heavy atom. The number of aromatic nitrogens is 1. The fourth-order valence-electron chi connectivity index (χ4n) is 1.62. The molecule has 1 aromatic carbocycles. The molecule has 4 N–H and O–H groups in total. The van der Waals surface area contributed by atoms with Crippen LogP contribution < -0.4 is 11.1 Å². The van der Waals surface area contributed by atoms with Gasteiger partial charge in [-0.15, -0.1) is 0 Å². The highest BCUT2D eigenvalue weighted by atomic mass is 16.4. The van der Waals surface area contributed by atoms with E-state index in [1.54, 1.807) is 0 Å². The number of hydrogen-bond acceptors (Lipinski definition) is 5. The van der Waals surface area contributed by atoms with Crippen LogP contribution in [0.15, 0.2) is 29.0 Å². The van der Waals surface area contributed by atoms with E-state index in [-0.39, 0.29) is 0 Å². The van der Waals surface area contributed by atoms with Gasteiger partial charge >= 0.3 is 5.97 Å². The fraction of sp³-hybridized carbons (Fsp3) is 0.333. The normalized spacial score (nSPS) is 12.7. The van der Waals surface area contributed by atoms with Crippen molar-refractivity contribution >= 4 is 17.1 Å². The summed E-state index contributed by atoms with van der Waals surface area (Å²) in [4.78, 5) is 14.5. The van der Waals surface area contributed by atoms with Crippen LogP contribution in [-0.4, -0.2) is 28.6 Å². The van der Waals surface area contributed by atoms with Crippen molar-refractivity contribution in [1.82, 2.24) is 10.3 Å². The molecule has 0 fully saturated rings. The third kappa shape index (κ3) is 3.06. The topological polar surface area (TPSA) is 101 Å². The summed E-state index contributed by atoms with van der Waals surface area (Å²) in [5.74, 6) is -0.972. The average Bonchev–Trinajstić information content (AvgIpc) is 2.81. The molecule has 0 aliphatic rings. The van der Waals surface area contributed by atoms with Gasteiger partial charge in [0.1, 0.15) is 11.6 Å². The molecular formula is C12H15N3O3. The first-order valence-electron chi connectivity index (χ1n) is 5.68. The van der Waals surface area contributed by atoms with Gasteiger partial charge in [-0.25, -0.2) is 4.98 Å². The molecule has 0 aliphatic carbocycles. The maximum absolute atomic E-state index is 10.5. The zero-order valence-corrected chi connectivity index (χ0v) is 9.80. The number of hydrogen-bond donors (Lipinski definition) is 3. The largest absolute Gasteiger partial charge is 0.480 e. The van der Waals surface area contributed by atoms with E-state index < -0.39 is 12.0 Å². The predicted molar refractivity (Wildman–Crippen MR) is 65.9 cm³/mol. The number of nitrogens with two attached hydrogens (primary N) is 1. The molecule has 0 spiro atoms. The van der Waals surface area contributed by atoms with Gasteiger partial charge in [-0.3, -0.25) is 4.79 Å². The number of fused-ring (bicyclic) bond motifs is 1. The lowest BCUT2D eigenvalue weighted by Gasteiger charge is -2.07. The van der Waals surface area contributed by atoms with Crippen molar-refractivity contribution in [2.75, 3.05) is 6.54 Å². The number of nitrogens with one attached hydrogen (secondary N) is 1. The van der Waals surface area contributed by atoms with Gasteiger partial charge in [0.25, 0.3) is 0 Å². The molecule has 96 valence electrons. The van der Waals surface area contributed by atoms with Gasteiger partial charge < -0.3 is 20.6 Å². The van der Waals surface area contributed by atoms with E-state index >= 15 is 0 Å². The molecule has 0 aliphatic heterocycles. The number of oxazole rings is 1. The summed E-state index contributed by atoms with van der Waals surface area (Å²) in [6, 6.07) is 4.94. The van der Waals surface area contributed by atoms with E-state index in [0.717, 1.165) is 16.7 Å². The van der Waals surface area contributed by atoms with Gasteiger partial charge in [0.15, 0.2) is 12.0 Å². The number of nitrogens with zero attached hydrogens (tertiary/aromatic N) is 1. The Bertz CT molecular complexity index is 538. The second kappa shape index (κ2) is 5.61. The van der Waals surface area contributed by atoms with Crippen molar-refractivity contribution in [2.45, 2.75) is 19.0 Å². The first-order chi connectivity index (χ1) is 8.66. The number of aliphatic carboxylic acids is 1. The Hall–Kier alpha value is -1.92. The van der Waals surface area contributed by atoms with Crippen LogP contribution in [0.3, 0.4) is 0 Å². The SMILES string of the molecule is NC(CCNCc1ccc2ncoc2c1)C(=O)O. The number of carboxylic acid groups (broad SMARTS) is 1. The lowest BCUT2D eigenvalue weighted by Crippen LogP contribution is -2.33. The van der Waals surface area contributed by atoms with Crippen LogP contribution in [0.4, 0.5) is 0 Å². The molecule has 1 unspecified atom stereocenters. The fourth-order valence-corrected chi connectivity index (χ4v) is 1.62. The number of rotatable bonds is 6. The van der Waals surface area contributed by atoms with Crippen LogP contribution in [0, 0.1) is 0 Å². The highest BCUT2D eigenvalue weighted by Gasteiger charge is 2.09. The molecule has 1 atom stereocenters. The van der Waals surface area contributed by atoms with Crippen molar-refractivity contribution in [1.29, 1.82) is 0 Å². The van der Waals surface area contributed by atoms with E-state index in [1.165, 1.54) is 6.39 Å². The highest BCUT2D eigenvalue weighted by Crippen LogP contribution is 2.13. The van der Waals surface area contributed by atoms with Crippen molar-refractivity contribution in [3.05, 3.63) is 30.2 Å². The number of carbonyl (C=O) groups is 1. The first-order valence-corrected chi connectivity index (χ1v) is 5.68. The first kappa shape index (κ1) is 12.5. The molecule has 0 bridgehead atoms. The van der Waals surface area contributed by atoms with E-state index in [9.17, 15) is 4.79 Å². The Balaban J connectivity index is 1.81. The molecule has 0 saturated heterocycles. The Morgan fingerprint density at radius 3 is 3.17 bits per heavy atom. The van der Waals surface area contributed by atoms with Gasteiger partial charge in [0.05, 0.1) is 0 Å². The van der Waals surface area contributed by atoms with Crippen LogP contribution in [0.2, 0.25) is 0 Å². The maximum atomic E-state index is 10.5. The summed E-state index contributed by atoms with van der Waals surface area (Å²) in [6.07, 6.45) is 1.81. The highest BCUT2D eigenvalue weighted by molar-refractivity contribution is 5.73. The minimum atomic E-state index is -0.972. The second-order valence-electron chi connectivity index (χ2n) is 4.06. The standard InChI is InChI=1S/C12H15N3O3/c13-9(12(16)17)3-4-14-6-8-1-2-10-11(5-8)18-7-15-10/h1-2,5,7,9,14H,3-4,6,13H2,(H,16,17). The van der Waals surface area contributed by atoms with Gasteiger partial charge in [-0.1, -0.05) is 6.07 Å². The number of carboxylic acids is 1. The molecule has 2 aromatic rings. The third-order valence-corrected chi connectivity index (χ3v) is 2.67. The van der Waals surface area contributed by atoms with Crippen LogP contribution in [0.1, 0.15) is 12.0 Å². The third-order valence-electron chi connectivity index (χ3n) is 2.67. The molecule has 18 heavy (non-hydrogen) atoms. The van der Waals surface area contributed by atoms with Gasteiger partial charge in [-0.2, -0.15) is 0 Å². The lowest BCUT2D eigenvalue weighted by atomic mass is 10.2. The molecular weight excluding hydrogens is 234 g/mol. The average molecular weight is 249 g/mol. The molecule has 6 nitrogen and oxygen atoms in total. The minimum absolute atomic E-state index is 0.403. The van der Waals surface area contributed by atoms with E-state index in [4.69, 9.17) is 15.3 Å². The van der Waals surface area contributed by atoms with Gasteiger partial charge in [0.2, 0.25) is 0 Å². The van der Waals surface area contributed by atoms with E-state index in [0.29, 0.717) is 19.5 Å². The Labute approximate surface area is 104 Å². The summed E-state index contributed by atoms with van der Waals surface area (Å²) in [5, 5.41) is 11.8. The van der Waals surface area contributed by atoms with Crippen molar-refractivity contribution in [3.8, 4) is 0 Å². The zero-order valence-electron chi connectivity index (χ0n) is 9.80. The minimum Gasteiger partial charge on any atom is -0.480 e. The summed E-state index contributed by atoms with van der Waals surface area (Å²) >= 11 is 0. The van der Waals surface area contributed by atoms with Gasteiger partial charge in [0, 0.05) is 6.54 Å². The monoisotopic (exact) mass is 249 g/mol. The van der Waals surface area contributed by atoms with Crippen LogP contribution in [-0.2, 0) is 11.3 Å². The molecule has 0 radical (unpaired) electrons. The molecule has 1 heterocycles. The van der Waals surface area contributed by atoms with Crippen LogP contribution >= 0.6 is 0 Å². The van der Waals surface area contributed by atoms with Crippen molar-refractivity contribution < 1.29 is 14.3 Å². The van der Waals surface area contributed by atoms with E-state index in [2.05, 4.69) is 10.3 Å². The molecule has 0 saturated carbocycles. The maximum Gasteiger partial charge on any atom is 0.320 e. The summed E-state index contributed by atoms with van der Waals surface area (Å²) in [6.45, 7) is 1.20. The van der Waals surface area contributed by atoms with Gasteiger partial charge in [-0.05, 0) is 30.7 Å². The molecule has 2 rings (SSSR count). The quantitative estimate of drug-likeness (QED) is 0.652. The summed E-state index contributed by atoms with van der Waals surface area (Å²) in [5.41, 5.74) is 8.02. The Kier molecular flexibility index (Phi) is 3.91.